The molecule has 0 aliphatic carbocycles. The summed E-state index contributed by atoms with van der Waals surface area (Å²) >= 11 is 0. The number of rotatable bonds is 4. The second-order valence-electron chi connectivity index (χ2n) is 4.51. The standard InChI is InChI=1S/C14H17NO4.ClH/c1-9(16)11-5-3-4-6-13(11)19-10-7-12(15-8-10)14(17)18-2;/h3-6,10,12,15H,7-8H2,1-2H3;1H/t10-,12+;/m1./s1. The Morgan fingerprint density at radius 2 is 2.00 bits per heavy atom. The molecule has 1 aromatic carbocycles. The molecule has 2 rings (SSSR count). The topological polar surface area (TPSA) is 64.6 Å². The first kappa shape index (κ1) is 16.5. The normalized spacial score (nSPS) is 20.9. The van der Waals surface area contributed by atoms with Gasteiger partial charge in [0.05, 0.1) is 12.7 Å². The van der Waals surface area contributed by atoms with Gasteiger partial charge in [0.15, 0.2) is 5.78 Å². The highest BCUT2D eigenvalue weighted by atomic mass is 35.5. The number of carbonyl (C=O) groups excluding carboxylic acids is 2. The van der Waals surface area contributed by atoms with E-state index in [9.17, 15) is 9.59 Å². The second kappa shape index (κ2) is 7.26. The Bertz CT molecular complexity index is 492. The Kier molecular flexibility index (Phi) is 5.98. The Morgan fingerprint density at radius 1 is 1.30 bits per heavy atom. The molecule has 1 aromatic rings. The summed E-state index contributed by atoms with van der Waals surface area (Å²) in [7, 11) is 1.36. The van der Waals surface area contributed by atoms with E-state index in [-0.39, 0.29) is 36.3 Å². The average molecular weight is 300 g/mol. The van der Waals surface area contributed by atoms with E-state index in [2.05, 4.69) is 10.1 Å². The lowest BCUT2D eigenvalue weighted by Crippen LogP contribution is -2.31. The van der Waals surface area contributed by atoms with Crippen LogP contribution in [-0.4, -0.2) is 37.6 Å². The summed E-state index contributed by atoms with van der Waals surface area (Å²) in [6, 6.07) is 6.79. The van der Waals surface area contributed by atoms with E-state index in [1.54, 1.807) is 18.2 Å². The summed E-state index contributed by atoms with van der Waals surface area (Å²) < 4.78 is 10.5. The highest BCUT2D eigenvalue weighted by Crippen LogP contribution is 2.22. The molecule has 1 saturated heterocycles. The molecule has 0 spiro atoms. The molecule has 5 nitrogen and oxygen atoms in total. The fraction of sp³-hybridized carbons (Fsp3) is 0.429. The van der Waals surface area contributed by atoms with E-state index in [4.69, 9.17) is 4.74 Å². The third kappa shape index (κ3) is 3.71. The summed E-state index contributed by atoms with van der Waals surface area (Å²) in [6.07, 6.45) is 0.406. The molecule has 1 aliphatic heterocycles. The van der Waals surface area contributed by atoms with E-state index in [0.717, 1.165) is 0 Å². The van der Waals surface area contributed by atoms with Crippen molar-refractivity contribution in [3.8, 4) is 5.75 Å². The zero-order valence-corrected chi connectivity index (χ0v) is 12.2. The van der Waals surface area contributed by atoms with Crippen molar-refractivity contribution >= 4 is 24.2 Å². The number of ketones is 1. The van der Waals surface area contributed by atoms with Gasteiger partial charge in [0.25, 0.3) is 0 Å². The van der Waals surface area contributed by atoms with Crippen LogP contribution in [0.2, 0.25) is 0 Å². The van der Waals surface area contributed by atoms with Crippen LogP contribution in [0, 0.1) is 0 Å². The fourth-order valence-corrected chi connectivity index (χ4v) is 2.15. The molecule has 0 aromatic heterocycles. The number of hydrogen-bond acceptors (Lipinski definition) is 5. The molecule has 1 heterocycles. The zero-order valence-electron chi connectivity index (χ0n) is 11.4. The molecule has 0 saturated carbocycles. The Balaban J connectivity index is 0.00000200. The molecule has 110 valence electrons. The number of Topliss-reactive ketones (excluding diaryl/α,β-unsaturated/α-hetero) is 1. The van der Waals surface area contributed by atoms with Gasteiger partial charge in [0.1, 0.15) is 17.9 Å². The molecular weight excluding hydrogens is 282 g/mol. The van der Waals surface area contributed by atoms with Crippen LogP contribution in [0.3, 0.4) is 0 Å². The third-order valence-corrected chi connectivity index (χ3v) is 3.14. The first-order valence-electron chi connectivity index (χ1n) is 6.19. The van der Waals surface area contributed by atoms with Crippen LogP contribution in [-0.2, 0) is 9.53 Å². The molecule has 2 atom stereocenters. The average Bonchev–Trinajstić information content (AvgIpc) is 2.86. The smallest absolute Gasteiger partial charge is 0.323 e. The summed E-state index contributed by atoms with van der Waals surface area (Å²) in [5.74, 6) is 0.240. The monoisotopic (exact) mass is 299 g/mol. The van der Waals surface area contributed by atoms with Crippen molar-refractivity contribution in [1.29, 1.82) is 0 Å². The molecule has 0 amide bonds. The summed E-state index contributed by atoms with van der Waals surface area (Å²) in [4.78, 5) is 22.9. The zero-order chi connectivity index (χ0) is 13.8. The van der Waals surface area contributed by atoms with Crippen molar-refractivity contribution in [3.05, 3.63) is 29.8 Å². The Labute approximate surface area is 124 Å². The summed E-state index contributed by atoms with van der Waals surface area (Å²) in [5, 5.41) is 3.04. The maximum atomic E-state index is 11.5. The van der Waals surface area contributed by atoms with Crippen molar-refractivity contribution in [2.24, 2.45) is 0 Å². The van der Waals surface area contributed by atoms with Crippen LogP contribution in [0.15, 0.2) is 24.3 Å². The number of nitrogens with one attached hydrogen (secondary N) is 1. The van der Waals surface area contributed by atoms with E-state index in [0.29, 0.717) is 24.3 Å². The van der Waals surface area contributed by atoms with Crippen LogP contribution < -0.4 is 10.1 Å². The summed E-state index contributed by atoms with van der Waals surface area (Å²) in [5.41, 5.74) is 0.559. The van der Waals surface area contributed by atoms with E-state index in [1.807, 2.05) is 6.07 Å². The summed E-state index contributed by atoms with van der Waals surface area (Å²) in [6.45, 7) is 2.07. The maximum absolute atomic E-state index is 11.5. The molecule has 20 heavy (non-hydrogen) atoms. The molecule has 6 heteroatoms. The minimum Gasteiger partial charge on any atom is -0.488 e. The van der Waals surface area contributed by atoms with E-state index in [1.165, 1.54) is 14.0 Å². The number of ether oxygens (including phenoxy) is 2. The predicted octanol–water partition coefficient (Wildman–Crippen LogP) is 1.59. The number of halogens is 1. The molecule has 1 N–H and O–H groups in total. The van der Waals surface area contributed by atoms with Gasteiger partial charge >= 0.3 is 5.97 Å². The molecule has 1 fully saturated rings. The lowest BCUT2D eigenvalue weighted by molar-refractivity contribution is -0.142. The first-order valence-corrected chi connectivity index (χ1v) is 6.19. The number of esters is 1. The third-order valence-electron chi connectivity index (χ3n) is 3.14. The largest absolute Gasteiger partial charge is 0.488 e. The van der Waals surface area contributed by atoms with Gasteiger partial charge in [-0.15, -0.1) is 12.4 Å². The second-order valence-corrected chi connectivity index (χ2v) is 4.51. The number of benzene rings is 1. The number of para-hydroxylation sites is 1. The van der Waals surface area contributed by atoms with E-state index >= 15 is 0 Å². The number of carbonyl (C=O) groups is 2. The maximum Gasteiger partial charge on any atom is 0.323 e. The lowest BCUT2D eigenvalue weighted by Gasteiger charge is -2.15. The van der Waals surface area contributed by atoms with Gasteiger partial charge in [-0.25, -0.2) is 0 Å². The van der Waals surface area contributed by atoms with Crippen LogP contribution in [0.1, 0.15) is 23.7 Å². The fourth-order valence-electron chi connectivity index (χ4n) is 2.15. The highest BCUT2D eigenvalue weighted by molar-refractivity contribution is 5.96. The number of hydrogen-bond donors (Lipinski definition) is 1. The van der Waals surface area contributed by atoms with Gasteiger partial charge < -0.3 is 14.8 Å². The molecule has 0 bridgehead atoms. The van der Waals surface area contributed by atoms with Crippen molar-refractivity contribution in [1.82, 2.24) is 5.32 Å². The van der Waals surface area contributed by atoms with Gasteiger partial charge in [-0.1, -0.05) is 12.1 Å². The van der Waals surface area contributed by atoms with E-state index < -0.39 is 0 Å². The minimum absolute atomic E-state index is 0. The molecule has 0 radical (unpaired) electrons. The Morgan fingerprint density at radius 3 is 2.65 bits per heavy atom. The van der Waals surface area contributed by atoms with Crippen LogP contribution in [0.25, 0.3) is 0 Å². The Hall–Kier alpha value is -1.59. The number of methoxy groups -OCH3 is 1. The highest BCUT2D eigenvalue weighted by Gasteiger charge is 2.31. The lowest BCUT2D eigenvalue weighted by atomic mass is 10.1. The molecule has 0 unspecified atom stereocenters. The first-order chi connectivity index (χ1) is 9.11. The van der Waals surface area contributed by atoms with Gasteiger partial charge in [-0.3, -0.25) is 9.59 Å². The molecular formula is C14H18ClNO4. The van der Waals surface area contributed by atoms with Crippen molar-refractivity contribution in [3.63, 3.8) is 0 Å². The van der Waals surface area contributed by atoms with Gasteiger partial charge in [-0.05, 0) is 19.1 Å². The van der Waals surface area contributed by atoms with Crippen molar-refractivity contribution in [2.75, 3.05) is 13.7 Å². The van der Waals surface area contributed by atoms with Crippen LogP contribution in [0.5, 0.6) is 5.75 Å². The SMILES string of the molecule is COC(=O)[C@@H]1C[C@@H](Oc2ccccc2C(C)=O)CN1.Cl. The van der Waals surface area contributed by atoms with Gasteiger partial charge in [0.2, 0.25) is 0 Å². The van der Waals surface area contributed by atoms with Gasteiger partial charge in [-0.2, -0.15) is 0 Å². The van der Waals surface area contributed by atoms with Crippen LogP contribution in [0.4, 0.5) is 0 Å². The van der Waals surface area contributed by atoms with Crippen molar-refractivity contribution in [2.45, 2.75) is 25.5 Å². The van der Waals surface area contributed by atoms with Crippen LogP contribution >= 0.6 is 12.4 Å². The van der Waals surface area contributed by atoms with Crippen molar-refractivity contribution < 1.29 is 19.1 Å². The van der Waals surface area contributed by atoms with Gasteiger partial charge in [0, 0.05) is 13.0 Å². The molecule has 1 aliphatic rings. The predicted molar refractivity (Wildman–Crippen MR) is 76.5 cm³/mol. The quantitative estimate of drug-likeness (QED) is 0.676. The minimum atomic E-state index is -0.334.